The minimum Gasteiger partial charge on any atom is -0.435 e. The number of nitrogens with zero attached hydrogens (tertiary/aromatic N) is 1. The quantitative estimate of drug-likeness (QED) is 0.749. The van der Waals surface area contributed by atoms with Gasteiger partial charge in [0.05, 0.1) is 10.7 Å². The van der Waals surface area contributed by atoms with Crippen LogP contribution in [0.15, 0.2) is 16.5 Å². The summed E-state index contributed by atoms with van der Waals surface area (Å²) in [5.74, 6) is -0.623. The Bertz CT molecular complexity index is 444. The van der Waals surface area contributed by atoms with Gasteiger partial charge in [0, 0.05) is 6.07 Å². The first kappa shape index (κ1) is 9.21. The largest absolute Gasteiger partial charge is 0.435 e. The topological polar surface area (TPSA) is 52.0 Å². The molecule has 1 heterocycles. The number of nitrogens with two attached hydrogens (primary N) is 1. The number of halogens is 3. The van der Waals surface area contributed by atoms with E-state index in [9.17, 15) is 8.78 Å². The second-order valence-electron chi connectivity index (χ2n) is 2.69. The minimum atomic E-state index is -2.73. The van der Waals surface area contributed by atoms with Gasteiger partial charge in [0.25, 0.3) is 5.89 Å². The summed E-state index contributed by atoms with van der Waals surface area (Å²) in [6.45, 7) is 0. The molecule has 1 aromatic carbocycles. The van der Waals surface area contributed by atoms with Crippen LogP contribution < -0.4 is 5.73 Å². The first-order chi connectivity index (χ1) is 6.58. The van der Waals surface area contributed by atoms with Crippen molar-refractivity contribution in [1.82, 2.24) is 4.98 Å². The summed E-state index contributed by atoms with van der Waals surface area (Å²) in [5, 5.41) is 0.270. The second-order valence-corrected chi connectivity index (χ2v) is 3.10. The van der Waals surface area contributed by atoms with Crippen LogP contribution >= 0.6 is 11.6 Å². The fourth-order valence-electron chi connectivity index (χ4n) is 1.08. The smallest absolute Gasteiger partial charge is 0.313 e. The Morgan fingerprint density at radius 3 is 2.79 bits per heavy atom. The summed E-state index contributed by atoms with van der Waals surface area (Å²) < 4.78 is 29.1. The molecule has 0 saturated carbocycles. The molecule has 0 spiro atoms. The Morgan fingerprint density at radius 1 is 1.43 bits per heavy atom. The maximum Gasteiger partial charge on any atom is 0.313 e. The van der Waals surface area contributed by atoms with Gasteiger partial charge in [-0.15, -0.1) is 0 Å². The first-order valence-corrected chi connectivity index (χ1v) is 4.09. The maximum absolute atomic E-state index is 12.2. The van der Waals surface area contributed by atoms with Gasteiger partial charge in [-0.05, 0) is 6.07 Å². The van der Waals surface area contributed by atoms with Gasteiger partial charge in [0.1, 0.15) is 5.52 Å². The lowest BCUT2D eigenvalue weighted by Gasteiger charge is -1.94. The van der Waals surface area contributed by atoms with Crippen molar-refractivity contribution < 1.29 is 13.2 Å². The molecule has 14 heavy (non-hydrogen) atoms. The van der Waals surface area contributed by atoms with Crippen LogP contribution in [0.25, 0.3) is 11.1 Å². The Hall–Kier alpha value is -1.36. The van der Waals surface area contributed by atoms with E-state index in [4.69, 9.17) is 21.8 Å². The number of alkyl halides is 2. The third-order valence-corrected chi connectivity index (χ3v) is 2.04. The Kier molecular flexibility index (Phi) is 2.03. The molecule has 0 fully saturated rings. The highest BCUT2D eigenvalue weighted by molar-refractivity contribution is 6.33. The number of fused-ring (bicyclic) bond motifs is 1. The molecule has 2 aromatic rings. The van der Waals surface area contributed by atoms with Gasteiger partial charge in [0.2, 0.25) is 0 Å². The van der Waals surface area contributed by atoms with Crippen molar-refractivity contribution in [2.24, 2.45) is 0 Å². The summed E-state index contributed by atoms with van der Waals surface area (Å²) in [7, 11) is 0. The van der Waals surface area contributed by atoms with E-state index in [0.29, 0.717) is 0 Å². The molecule has 2 rings (SSSR count). The summed E-state index contributed by atoms with van der Waals surface area (Å²) in [5.41, 5.74) is 6.23. The van der Waals surface area contributed by atoms with Crippen molar-refractivity contribution in [2.75, 3.05) is 5.73 Å². The van der Waals surface area contributed by atoms with Gasteiger partial charge in [-0.3, -0.25) is 0 Å². The van der Waals surface area contributed by atoms with Crippen LogP contribution in [0.2, 0.25) is 5.02 Å². The number of hydrogen-bond acceptors (Lipinski definition) is 3. The van der Waals surface area contributed by atoms with E-state index in [1.165, 1.54) is 12.1 Å². The number of oxazole rings is 1. The lowest BCUT2D eigenvalue weighted by atomic mass is 10.3. The van der Waals surface area contributed by atoms with Crippen LogP contribution in [0.3, 0.4) is 0 Å². The highest BCUT2D eigenvalue weighted by Crippen LogP contribution is 2.28. The molecular weight excluding hydrogens is 214 g/mol. The molecule has 2 N–H and O–H groups in total. The van der Waals surface area contributed by atoms with Crippen molar-refractivity contribution in [2.45, 2.75) is 6.43 Å². The zero-order chi connectivity index (χ0) is 10.3. The van der Waals surface area contributed by atoms with Crippen LogP contribution in [0.4, 0.5) is 14.5 Å². The molecule has 6 heteroatoms. The molecular formula is C8H5ClF2N2O. The fourth-order valence-corrected chi connectivity index (χ4v) is 1.23. The van der Waals surface area contributed by atoms with Crippen molar-refractivity contribution in [3.8, 4) is 0 Å². The number of benzene rings is 1. The van der Waals surface area contributed by atoms with Crippen molar-refractivity contribution in [3.63, 3.8) is 0 Å². The van der Waals surface area contributed by atoms with Crippen LogP contribution in [0, 0.1) is 0 Å². The molecule has 0 unspecified atom stereocenters. The summed E-state index contributed by atoms with van der Waals surface area (Å²) in [6.07, 6.45) is -2.73. The molecule has 74 valence electrons. The predicted octanol–water partition coefficient (Wildman–Crippen LogP) is 3.00. The van der Waals surface area contributed by atoms with Gasteiger partial charge in [0.15, 0.2) is 5.58 Å². The van der Waals surface area contributed by atoms with Crippen molar-refractivity contribution in [1.29, 1.82) is 0 Å². The van der Waals surface area contributed by atoms with Crippen LogP contribution in [0.5, 0.6) is 0 Å². The standard InChI is InChI=1S/C8H5ClF2N2O/c9-3-1-5-6(2-4(3)12)14-8(13-5)7(10)11/h1-2,7H,12H2. The summed E-state index contributed by atoms with van der Waals surface area (Å²) in [6, 6.07) is 2.76. The van der Waals surface area contributed by atoms with E-state index in [0.717, 1.165) is 0 Å². The number of nitrogen functional groups attached to an aromatic ring is 1. The Labute approximate surface area is 82.5 Å². The highest BCUT2D eigenvalue weighted by atomic mass is 35.5. The fraction of sp³-hybridized carbons (Fsp3) is 0.125. The predicted molar refractivity (Wildman–Crippen MR) is 48.4 cm³/mol. The van der Waals surface area contributed by atoms with E-state index in [2.05, 4.69) is 4.98 Å². The minimum absolute atomic E-state index is 0.210. The number of anilines is 1. The highest BCUT2D eigenvalue weighted by Gasteiger charge is 2.16. The van der Waals surface area contributed by atoms with E-state index in [1.807, 2.05) is 0 Å². The summed E-state index contributed by atoms with van der Waals surface area (Å²) in [4.78, 5) is 3.56. The van der Waals surface area contributed by atoms with Gasteiger partial charge in [-0.2, -0.15) is 8.78 Å². The molecule has 0 aliphatic heterocycles. The molecule has 0 bridgehead atoms. The maximum atomic E-state index is 12.2. The van der Waals surface area contributed by atoms with E-state index in [-0.39, 0.29) is 21.8 Å². The first-order valence-electron chi connectivity index (χ1n) is 3.71. The molecule has 1 aromatic heterocycles. The zero-order valence-corrected chi connectivity index (χ0v) is 7.55. The average molecular weight is 219 g/mol. The third-order valence-electron chi connectivity index (χ3n) is 1.71. The second kappa shape index (κ2) is 3.09. The van der Waals surface area contributed by atoms with Gasteiger partial charge in [-0.1, -0.05) is 11.6 Å². The molecule has 0 atom stereocenters. The zero-order valence-electron chi connectivity index (χ0n) is 6.80. The molecule has 3 nitrogen and oxygen atoms in total. The van der Waals surface area contributed by atoms with Crippen LogP contribution in [0.1, 0.15) is 12.3 Å². The SMILES string of the molecule is Nc1cc2oc(C(F)F)nc2cc1Cl. The number of rotatable bonds is 1. The average Bonchev–Trinajstić information content (AvgIpc) is 2.48. The van der Waals surface area contributed by atoms with Gasteiger partial charge >= 0.3 is 6.43 Å². The van der Waals surface area contributed by atoms with Crippen molar-refractivity contribution >= 4 is 28.4 Å². The normalized spacial score (nSPS) is 11.4. The van der Waals surface area contributed by atoms with Gasteiger partial charge in [-0.25, -0.2) is 4.98 Å². The van der Waals surface area contributed by atoms with E-state index < -0.39 is 12.3 Å². The number of hydrogen-bond donors (Lipinski definition) is 1. The van der Waals surface area contributed by atoms with Crippen LogP contribution in [-0.4, -0.2) is 4.98 Å². The molecule has 0 aliphatic rings. The van der Waals surface area contributed by atoms with E-state index in [1.54, 1.807) is 0 Å². The Balaban J connectivity index is 2.66. The monoisotopic (exact) mass is 218 g/mol. The lowest BCUT2D eigenvalue weighted by Crippen LogP contribution is -1.84. The van der Waals surface area contributed by atoms with Crippen molar-refractivity contribution in [3.05, 3.63) is 23.0 Å². The van der Waals surface area contributed by atoms with E-state index >= 15 is 0 Å². The third kappa shape index (κ3) is 1.39. The number of aromatic nitrogens is 1. The van der Waals surface area contributed by atoms with Crippen LogP contribution in [-0.2, 0) is 0 Å². The summed E-state index contributed by atoms with van der Waals surface area (Å²) >= 11 is 5.68. The molecule has 0 saturated heterocycles. The Morgan fingerprint density at radius 2 is 2.14 bits per heavy atom. The molecule has 0 radical (unpaired) electrons. The molecule has 0 aliphatic carbocycles. The molecule has 0 amide bonds. The lowest BCUT2D eigenvalue weighted by molar-refractivity contribution is 0.117. The van der Waals surface area contributed by atoms with Gasteiger partial charge < -0.3 is 10.2 Å².